The number of rotatable bonds is 5. The second-order valence-corrected chi connectivity index (χ2v) is 8.47. The molecule has 1 saturated carbocycles. The smallest absolute Gasteiger partial charge is 0.240 e. The maximum absolute atomic E-state index is 12.2. The summed E-state index contributed by atoms with van der Waals surface area (Å²) in [6.45, 7) is -0.184. The molecular weight excluding hydrogens is 368 g/mol. The molecule has 0 unspecified atom stereocenters. The highest BCUT2D eigenvalue weighted by atomic mass is 79.9. The lowest BCUT2D eigenvalue weighted by Gasteiger charge is -2.26. The summed E-state index contributed by atoms with van der Waals surface area (Å²) >= 11 is 3.31. The molecule has 122 valence electrons. The number of carbonyl (C=O) groups excluding carboxylic acids is 1. The van der Waals surface area contributed by atoms with Crippen molar-refractivity contribution in [2.75, 3.05) is 17.1 Å². The first-order chi connectivity index (χ1) is 10.4. The van der Waals surface area contributed by atoms with Crippen LogP contribution in [0.3, 0.4) is 0 Å². The molecule has 0 aliphatic heterocycles. The van der Waals surface area contributed by atoms with Gasteiger partial charge in [-0.2, -0.15) is 0 Å². The number of amides is 1. The van der Waals surface area contributed by atoms with Crippen molar-refractivity contribution in [3.63, 3.8) is 0 Å². The first-order valence-electron chi connectivity index (χ1n) is 7.39. The van der Waals surface area contributed by atoms with Crippen molar-refractivity contribution in [2.24, 2.45) is 0 Å². The zero-order chi connectivity index (χ0) is 16.2. The fraction of sp³-hybridized carbons (Fsp3) is 0.533. The number of sulfonamides is 1. The Morgan fingerprint density at radius 3 is 2.36 bits per heavy atom. The number of carbonyl (C=O) groups is 1. The average molecular weight is 389 g/mol. The summed E-state index contributed by atoms with van der Waals surface area (Å²) in [7, 11) is -3.51. The number of hydrogen-bond acceptors (Lipinski definition) is 3. The average Bonchev–Trinajstić information content (AvgIpc) is 2.46. The van der Waals surface area contributed by atoms with E-state index < -0.39 is 10.0 Å². The van der Waals surface area contributed by atoms with Crippen LogP contribution in [-0.2, 0) is 14.8 Å². The van der Waals surface area contributed by atoms with E-state index in [2.05, 4.69) is 21.2 Å². The Labute approximate surface area is 140 Å². The monoisotopic (exact) mass is 388 g/mol. The van der Waals surface area contributed by atoms with Crippen molar-refractivity contribution >= 4 is 37.5 Å². The fourth-order valence-corrected chi connectivity index (χ4v) is 3.78. The molecule has 1 fully saturated rings. The van der Waals surface area contributed by atoms with Gasteiger partial charge in [-0.1, -0.05) is 35.2 Å². The van der Waals surface area contributed by atoms with Gasteiger partial charge in [0.15, 0.2) is 0 Å². The third-order valence-corrected chi connectivity index (χ3v) is 5.44. The predicted octanol–water partition coefficient (Wildman–Crippen LogP) is 2.66. The van der Waals surface area contributed by atoms with Crippen LogP contribution >= 0.6 is 15.9 Å². The summed E-state index contributed by atoms with van der Waals surface area (Å²) in [6.07, 6.45) is 6.51. The number of halogens is 1. The summed E-state index contributed by atoms with van der Waals surface area (Å²) in [6, 6.07) is 7.05. The predicted molar refractivity (Wildman–Crippen MR) is 91.3 cm³/mol. The quantitative estimate of drug-likeness (QED) is 0.842. The summed E-state index contributed by atoms with van der Waals surface area (Å²) in [4.78, 5) is 12.2. The van der Waals surface area contributed by atoms with Crippen LogP contribution in [0.25, 0.3) is 0 Å². The van der Waals surface area contributed by atoms with Crippen LogP contribution in [0.15, 0.2) is 28.7 Å². The van der Waals surface area contributed by atoms with Gasteiger partial charge in [-0.25, -0.2) is 8.42 Å². The molecule has 7 heteroatoms. The molecule has 5 nitrogen and oxygen atoms in total. The minimum Gasteiger partial charge on any atom is -0.352 e. The Morgan fingerprint density at radius 1 is 1.23 bits per heavy atom. The normalized spacial score (nSPS) is 16.3. The Bertz CT molecular complexity index is 610. The van der Waals surface area contributed by atoms with Crippen LogP contribution in [0.5, 0.6) is 0 Å². The molecular formula is C15H21BrN2O3S. The molecule has 2 rings (SSSR count). The SMILES string of the molecule is CS(=O)(=O)N(CC(=O)NC1CCCCC1)c1ccc(Br)cc1. The highest BCUT2D eigenvalue weighted by Gasteiger charge is 2.23. The van der Waals surface area contributed by atoms with Crippen molar-refractivity contribution in [2.45, 2.75) is 38.1 Å². The lowest BCUT2D eigenvalue weighted by atomic mass is 9.95. The van der Waals surface area contributed by atoms with E-state index in [4.69, 9.17) is 0 Å². The van der Waals surface area contributed by atoms with Gasteiger partial charge in [0.05, 0.1) is 11.9 Å². The van der Waals surface area contributed by atoms with Gasteiger partial charge in [0, 0.05) is 10.5 Å². The van der Waals surface area contributed by atoms with Gasteiger partial charge in [-0.3, -0.25) is 9.10 Å². The second-order valence-electron chi connectivity index (χ2n) is 5.65. The number of hydrogen-bond donors (Lipinski definition) is 1. The third-order valence-electron chi connectivity index (χ3n) is 3.77. The topological polar surface area (TPSA) is 66.5 Å². The molecule has 1 aromatic carbocycles. The van der Waals surface area contributed by atoms with Crippen LogP contribution in [-0.4, -0.2) is 33.2 Å². The van der Waals surface area contributed by atoms with Gasteiger partial charge in [0.25, 0.3) is 0 Å². The molecule has 0 saturated heterocycles. The van der Waals surface area contributed by atoms with E-state index in [0.717, 1.165) is 40.7 Å². The summed E-state index contributed by atoms with van der Waals surface area (Å²) in [5.74, 6) is -0.250. The van der Waals surface area contributed by atoms with Gasteiger partial charge in [0.1, 0.15) is 6.54 Å². The lowest BCUT2D eigenvalue weighted by Crippen LogP contribution is -2.44. The second kappa shape index (κ2) is 7.46. The number of nitrogens with one attached hydrogen (secondary N) is 1. The highest BCUT2D eigenvalue weighted by Crippen LogP contribution is 2.21. The van der Waals surface area contributed by atoms with Gasteiger partial charge in [0.2, 0.25) is 15.9 Å². The summed E-state index contributed by atoms with van der Waals surface area (Å²) < 4.78 is 26.0. The summed E-state index contributed by atoms with van der Waals surface area (Å²) in [5.41, 5.74) is 0.490. The maximum atomic E-state index is 12.2. The van der Waals surface area contributed by atoms with Crippen molar-refractivity contribution in [1.82, 2.24) is 5.32 Å². The molecule has 0 aromatic heterocycles. The van der Waals surface area contributed by atoms with Crippen molar-refractivity contribution in [3.8, 4) is 0 Å². The van der Waals surface area contributed by atoms with E-state index in [-0.39, 0.29) is 18.5 Å². The van der Waals surface area contributed by atoms with Crippen LogP contribution < -0.4 is 9.62 Å². The van der Waals surface area contributed by atoms with E-state index >= 15 is 0 Å². The van der Waals surface area contributed by atoms with Gasteiger partial charge in [-0.05, 0) is 37.1 Å². The lowest BCUT2D eigenvalue weighted by molar-refractivity contribution is -0.120. The van der Waals surface area contributed by atoms with Gasteiger partial charge in [-0.15, -0.1) is 0 Å². The number of anilines is 1. The van der Waals surface area contributed by atoms with E-state index in [1.54, 1.807) is 24.3 Å². The first-order valence-corrected chi connectivity index (χ1v) is 10.0. The fourth-order valence-electron chi connectivity index (χ4n) is 2.66. The number of benzene rings is 1. The van der Waals surface area contributed by atoms with Crippen LogP contribution in [0.4, 0.5) is 5.69 Å². The minimum absolute atomic E-state index is 0.174. The van der Waals surface area contributed by atoms with Crippen molar-refractivity contribution in [1.29, 1.82) is 0 Å². The minimum atomic E-state index is -3.51. The molecule has 1 aliphatic carbocycles. The number of nitrogens with zero attached hydrogens (tertiary/aromatic N) is 1. The molecule has 1 amide bonds. The van der Waals surface area contributed by atoms with E-state index in [1.165, 1.54) is 6.42 Å². The van der Waals surface area contributed by atoms with Crippen molar-refractivity contribution < 1.29 is 13.2 Å². The van der Waals surface area contributed by atoms with E-state index in [0.29, 0.717) is 5.69 Å². The Hall–Kier alpha value is -1.08. The molecule has 1 N–H and O–H groups in total. The zero-order valence-electron chi connectivity index (χ0n) is 12.6. The van der Waals surface area contributed by atoms with E-state index in [1.807, 2.05) is 0 Å². The largest absolute Gasteiger partial charge is 0.352 e. The molecule has 0 spiro atoms. The molecule has 1 aliphatic rings. The molecule has 0 atom stereocenters. The highest BCUT2D eigenvalue weighted by molar-refractivity contribution is 9.10. The Kier molecular flexibility index (Phi) is 5.86. The van der Waals surface area contributed by atoms with E-state index in [9.17, 15) is 13.2 Å². The summed E-state index contributed by atoms with van der Waals surface area (Å²) in [5, 5.41) is 2.95. The van der Waals surface area contributed by atoms with Crippen molar-refractivity contribution in [3.05, 3.63) is 28.7 Å². The molecule has 22 heavy (non-hydrogen) atoms. The van der Waals surface area contributed by atoms with Crippen LogP contribution in [0.2, 0.25) is 0 Å². The zero-order valence-corrected chi connectivity index (χ0v) is 15.0. The van der Waals surface area contributed by atoms with Gasteiger partial charge < -0.3 is 5.32 Å². The van der Waals surface area contributed by atoms with Crippen LogP contribution in [0, 0.1) is 0 Å². The third kappa shape index (κ3) is 4.98. The Morgan fingerprint density at radius 2 is 1.82 bits per heavy atom. The Balaban J connectivity index is 2.06. The first kappa shape index (κ1) is 17.3. The standard InChI is InChI=1S/C15H21BrN2O3S/c1-22(20,21)18(14-9-7-12(16)8-10-14)11-15(19)17-13-5-3-2-4-6-13/h7-10,13H,2-6,11H2,1H3,(H,17,19). The molecule has 0 radical (unpaired) electrons. The molecule has 1 aromatic rings. The molecule has 0 bridgehead atoms. The van der Waals surface area contributed by atoms with Crippen LogP contribution in [0.1, 0.15) is 32.1 Å². The maximum Gasteiger partial charge on any atom is 0.240 e. The van der Waals surface area contributed by atoms with Gasteiger partial charge >= 0.3 is 0 Å². The molecule has 0 heterocycles.